The first-order chi connectivity index (χ1) is 12.1. The molecule has 3 nitrogen and oxygen atoms in total. The van der Waals surface area contributed by atoms with E-state index in [1.54, 1.807) is 36.8 Å². The van der Waals surface area contributed by atoms with Crippen LogP contribution in [0.15, 0.2) is 47.4 Å². The number of thioether (sulfide) groups is 1. The standard InChI is InChI=1S/C18H19ClF3N3S/c1-4-26-14-8-9-15(19)16(11-14)25(3)17(23)24(2)13-7-5-6-12(10-13)18(20,21)22/h5-11,23H,4H2,1-3H3. The lowest BCUT2D eigenvalue weighted by molar-refractivity contribution is -0.137. The lowest BCUT2D eigenvalue weighted by atomic mass is 10.2. The first kappa shape index (κ1) is 20.5. The maximum atomic E-state index is 12.9. The Kier molecular flexibility index (Phi) is 6.47. The molecule has 0 saturated heterocycles. The third-order valence-corrected chi connectivity index (χ3v) is 4.98. The van der Waals surface area contributed by atoms with Crippen molar-refractivity contribution in [1.82, 2.24) is 0 Å². The fraction of sp³-hybridized carbons (Fsp3) is 0.278. The molecule has 2 aromatic rings. The highest BCUT2D eigenvalue weighted by molar-refractivity contribution is 7.99. The molecule has 1 N–H and O–H groups in total. The van der Waals surface area contributed by atoms with Crippen molar-refractivity contribution in [2.75, 3.05) is 29.6 Å². The average Bonchev–Trinajstić information content (AvgIpc) is 2.61. The van der Waals surface area contributed by atoms with Crippen LogP contribution >= 0.6 is 23.4 Å². The van der Waals surface area contributed by atoms with Crippen LogP contribution in [0.5, 0.6) is 0 Å². The summed E-state index contributed by atoms with van der Waals surface area (Å²) in [5.41, 5.74) is 0.137. The zero-order valence-electron chi connectivity index (χ0n) is 14.6. The minimum Gasteiger partial charge on any atom is -0.316 e. The van der Waals surface area contributed by atoms with Crippen molar-refractivity contribution in [2.24, 2.45) is 0 Å². The third kappa shape index (κ3) is 4.65. The molecule has 0 heterocycles. The van der Waals surface area contributed by atoms with E-state index < -0.39 is 11.7 Å². The summed E-state index contributed by atoms with van der Waals surface area (Å²) in [6, 6.07) is 10.4. The Morgan fingerprint density at radius 2 is 1.81 bits per heavy atom. The van der Waals surface area contributed by atoms with Crippen LogP contribution in [-0.4, -0.2) is 25.8 Å². The lowest BCUT2D eigenvalue weighted by Crippen LogP contribution is -2.39. The Bertz CT molecular complexity index is 795. The number of halogens is 4. The van der Waals surface area contributed by atoms with Crippen LogP contribution in [0.1, 0.15) is 12.5 Å². The Hall–Kier alpha value is -1.86. The molecule has 2 aromatic carbocycles. The van der Waals surface area contributed by atoms with Crippen LogP contribution in [-0.2, 0) is 6.18 Å². The quantitative estimate of drug-likeness (QED) is 0.388. The van der Waals surface area contributed by atoms with Gasteiger partial charge in [0, 0.05) is 24.7 Å². The zero-order valence-corrected chi connectivity index (χ0v) is 16.1. The van der Waals surface area contributed by atoms with Crippen molar-refractivity contribution in [3.8, 4) is 0 Å². The van der Waals surface area contributed by atoms with Crippen LogP contribution < -0.4 is 9.80 Å². The smallest absolute Gasteiger partial charge is 0.316 e. The van der Waals surface area contributed by atoms with E-state index in [1.807, 2.05) is 19.1 Å². The molecule has 140 valence electrons. The van der Waals surface area contributed by atoms with Crippen LogP contribution in [0.3, 0.4) is 0 Å². The molecule has 0 aliphatic carbocycles. The van der Waals surface area contributed by atoms with Gasteiger partial charge in [-0.2, -0.15) is 13.2 Å². The average molecular weight is 402 g/mol. The first-order valence-corrected chi connectivity index (χ1v) is 9.17. The summed E-state index contributed by atoms with van der Waals surface area (Å²) in [5.74, 6) is 0.900. The van der Waals surface area contributed by atoms with Crippen molar-refractivity contribution in [3.63, 3.8) is 0 Å². The van der Waals surface area contributed by atoms with Crippen molar-refractivity contribution in [1.29, 1.82) is 5.41 Å². The zero-order chi connectivity index (χ0) is 19.5. The number of benzene rings is 2. The van der Waals surface area contributed by atoms with Crippen molar-refractivity contribution in [3.05, 3.63) is 53.1 Å². The Balaban J connectivity index is 2.29. The minimum absolute atomic E-state index is 0.00451. The molecule has 0 unspecified atom stereocenters. The van der Waals surface area contributed by atoms with Crippen molar-refractivity contribution >= 4 is 40.7 Å². The second-order valence-corrected chi connectivity index (χ2v) is 7.28. The number of guanidine groups is 1. The number of hydrogen-bond acceptors (Lipinski definition) is 2. The fourth-order valence-electron chi connectivity index (χ4n) is 2.36. The van der Waals surface area contributed by atoms with Crippen LogP contribution in [0.4, 0.5) is 24.5 Å². The van der Waals surface area contributed by atoms with Gasteiger partial charge in [0.2, 0.25) is 5.96 Å². The van der Waals surface area contributed by atoms with Gasteiger partial charge in [-0.05, 0) is 42.2 Å². The number of alkyl halides is 3. The van der Waals surface area contributed by atoms with Gasteiger partial charge in [-0.15, -0.1) is 11.8 Å². The predicted octanol–water partition coefficient (Wildman–Crippen LogP) is 5.98. The van der Waals surface area contributed by atoms with E-state index in [2.05, 4.69) is 0 Å². The summed E-state index contributed by atoms with van der Waals surface area (Å²) in [5, 5.41) is 8.84. The first-order valence-electron chi connectivity index (χ1n) is 7.80. The Morgan fingerprint density at radius 3 is 2.42 bits per heavy atom. The van der Waals surface area contributed by atoms with E-state index in [0.717, 1.165) is 22.8 Å². The SMILES string of the molecule is CCSc1ccc(Cl)c(N(C)C(=N)N(C)c2cccc(C(F)(F)F)c2)c1. The molecule has 0 spiro atoms. The third-order valence-electron chi connectivity index (χ3n) is 3.79. The normalized spacial score (nSPS) is 11.3. The second kappa shape index (κ2) is 8.22. The van der Waals surface area contributed by atoms with Gasteiger partial charge in [-0.25, -0.2) is 0 Å². The molecule has 0 amide bonds. The van der Waals surface area contributed by atoms with Gasteiger partial charge in [-0.1, -0.05) is 24.6 Å². The molecule has 0 fully saturated rings. The molecule has 0 aliphatic rings. The highest BCUT2D eigenvalue weighted by Crippen LogP contribution is 2.33. The van der Waals surface area contributed by atoms with Gasteiger partial charge in [0.15, 0.2) is 0 Å². The molecule has 26 heavy (non-hydrogen) atoms. The molecule has 0 bridgehead atoms. The number of anilines is 2. The molecule has 0 saturated carbocycles. The fourth-order valence-corrected chi connectivity index (χ4v) is 3.30. The predicted molar refractivity (Wildman–Crippen MR) is 104 cm³/mol. The van der Waals surface area contributed by atoms with E-state index in [0.29, 0.717) is 10.7 Å². The van der Waals surface area contributed by atoms with Crippen LogP contribution in [0.2, 0.25) is 5.02 Å². The van der Waals surface area contributed by atoms with E-state index in [-0.39, 0.29) is 11.6 Å². The van der Waals surface area contributed by atoms with Crippen LogP contribution in [0, 0.1) is 5.41 Å². The summed E-state index contributed by atoms with van der Waals surface area (Å²) in [7, 11) is 3.21. The molecular weight excluding hydrogens is 383 g/mol. The van der Waals surface area contributed by atoms with E-state index >= 15 is 0 Å². The molecule has 0 radical (unpaired) electrons. The topological polar surface area (TPSA) is 30.3 Å². The lowest BCUT2D eigenvalue weighted by Gasteiger charge is -2.29. The number of hydrogen-bond donors (Lipinski definition) is 1. The summed E-state index contributed by atoms with van der Waals surface area (Å²) in [4.78, 5) is 3.93. The minimum atomic E-state index is -4.43. The maximum absolute atomic E-state index is 12.9. The summed E-state index contributed by atoms with van der Waals surface area (Å²) in [6.45, 7) is 2.03. The largest absolute Gasteiger partial charge is 0.416 e. The van der Waals surface area contributed by atoms with Gasteiger partial charge < -0.3 is 9.80 Å². The maximum Gasteiger partial charge on any atom is 0.416 e. The summed E-state index contributed by atoms with van der Waals surface area (Å²) in [6.07, 6.45) is -4.43. The van der Waals surface area contributed by atoms with E-state index in [4.69, 9.17) is 17.0 Å². The van der Waals surface area contributed by atoms with Gasteiger partial charge in [-0.3, -0.25) is 5.41 Å². The number of nitrogens with zero attached hydrogens (tertiary/aromatic N) is 2. The van der Waals surface area contributed by atoms with Gasteiger partial charge in [0.05, 0.1) is 16.3 Å². The number of rotatable bonds is 4. The Labute approximate surface area is 160 Å². The highest BCUT2D eigenvalue weighted by Gasteiger charge is 2.31. The van der Waals surface area contributed by atoms with E-state index in [1.165, 1.54) is 17.0 Å². The molecule has 0 aliphatic heterocycles. The monoisotopic (exact) mass is 401 g/mol. The molecular formula is C18H19ClF3N3S. The molecule has 0 atom stereocenters. The van der Waals surface area contributed by atoms with Gasteiger partial charge >= 0.3 is 6.18 Å². The molecule has 0 aromatic heterocycles. The van der Waals surface area contributed by atoms with Crippen molar-refractivity contribution in [2.45, 2.75) is 18.0 Å². The highest BCUT2D eigenvalue weighted by atomic mass is 35.5. The Morgan fingerprint density at radius 1 is 1.12 bits per heavy atom. The van der Waals surface area contributed by atoms with E-state index in [9.17, 15) is 13.2 Å². The molecule has 2 rings (SSSR count). The van der Waals surface area contributed by atoms with Crippen molar-refractivity contribution < 1.29 is 13.2 Å². The second-order valence-electron chi connectivity index (χ2n) is 5.54. The summed E-state index contributed by atoms with van der Waals surface area (Å²) >= 11 is 7.90. The van der Waals surface area contributed by atoms with Crippen LogP contribution in [0.25, 0.3) is 0 Å². The van der Waals surface area contributed by atoms with Gasteiger partial charge in [0.25, 0.3) is 0 Å². The summed E-state index contributed by atoms with van der Waals surface area (Å²) < 4.78 is 38.8. The number of nitrogens with one attached hydrogen (secondary N) is 1. The van der Waals surface area contributed by atoms with Gasteiger partial charge in [0.1, 0.15) is 0 Å². The molecule has 8 heteroatoms.